The maximum Gasteiger partial charge on any atom is 0.271 e. The van der Waals surface area contributed by atoms with E-state index in [0.717, 1.165) is 21.5 Å². The van der Waals surface area contributed by atoms with Gasteiger partial charge < -0.3 is 10.2 Å². The number of hydrogen-bond acceptors (Lipinski definition) is 6. The molecule has 0 aromatic heterocycles. The molecule has 0 radical (unpaired) electrons. The molecule has 1 atom stereocenters. The third-order valence-corrected chi connectivity index (χ3v) is 7.85. The Balaban J connectivity index is 2.07. The number of nitro benzene ring substituents is 1. The van der Waals surface area contributed by atoms with Gasteiger partial charge in [0.05, 0.1) is 15.5 Å². The summed E-state index contributed by atoms with van der Waals surface area (Å²) < 4.78 is 28.2. The Morgan fingerprint density at radius 2 is 1.66 bits per heavy atom. The largest absolute Gasteiger partial charge is 0.355 e. The van der Waals surface area contributed by atoms with Gasteiger partial charge in [0.2, 0.25) is 11.8 Å². The fraction of sp³-hybridized carbons (Fsp3) is 0.259. The second-order valence-electron chi connectivity index (χ2n) is 8.62. The van der Waals surface area contributed by atoms with Gasteiger partial charge in [0.25, 0.3) is 15.7 Å². The van der Waals surface area contributed by atoms with Crippen molar-refractivity contribution in [2.24, 2.45) is 0 Å². The van der Waals surface area contributed by atoms with E-state index in [2.05, 4.69) is 5.32 Å². The van der Waals surface area contributed by atoms with Crippen LogP contribution in [0.4, 0.5) is 11.4 Å². The van der Waals surface area contributed by atoms with Crippen molar-refractivity contribution in [3.05, 3.63) is 100 Å². The molecule has 11 heteroatoms. The Bertz CT molecular complexity index is 1410. The lowest BCUT2D eigenvalue weighted by atomic mass is 10.1. The maximum absolute atomic E-state index is 13.8. The average molecular weight is 539 g/mol. The van der Waals surface area contributed by atoms with Crippen LogP contribution in [-0.4, -0.2) is 49.2 Å². The van der Waals surface area contributed by atoms with Gasteiger partial charge in [0, 0.05) is 25.2 Å². The molecule has 0 fully saturated rings. The quantitative estimate of drug-likeness (QED) is 0.293. The van der Waals surface area contributed by atoms with E-state index in [1.807, 2.05) is 31.2 Å². The summed E-state index contributed by atoms with van der Waals surface area (Å²) in [5, 5.41) is 14.1. The lowest BCUT2D eigenvalue weighted by Gasteiger charge is -2.32. The summed E-state index contributed by atoms with van der Waals surface area (Å²) in [5.74, 6) is -1.03. The zero-order valence-corrected chi connectivity index (χ0v) is 22.2. The topological polar surface area (TPSA) is 130 Å². The highest BCUT2D eigenvalue weighted by atomic mass is 32.2. The Kier molecular flexibility index (Phi) is 9.19. The van der Waals surface area contributed by atoms with Crippen LogP contribution in [-0.2, 0) is 26.2 Å². The second-order valence-corrected chi connectivity index (χ2v) is 10.5. The number of non-ortho nitro benzene ring substituents is 1. The minimum atomic E-state index is -4.30. The van der Waals surface area contributed by atoms with Crippen molar-refractivity contribution in [1.29, 1.82) is 0 Å². The van der Waals surface area contributed by atoms with Gasteiger partial charge in [0.15, 0.2) is 0 Å². The zero-order valence-electron chi connectivity index (χ0n) is 21.4. The molecule has 0 saturated heterocycles. The number of carbonyl (C=O) groups excluding carboxylic acids is 2. The van der Waals surface area contributed by atoms with Crippen molar-refractivity contribution in [3.8, 4) is 0 Å². The Morgan fingerprint density at radius 3 is 2.29 bits per heavy atom. The first-order valence-corrected chi connectivity index (χ1v) is 13.4. The van der Waals surface area contributed by atoms with Crippen LogP contribution in [0.5, 0.6) is 0 Å². The summed E-state index contributed by atoms with van der Waals surface area (Å²) in [7, 11) is -4.30. The molecule has 0 heterocycles. The fourth-order valence-corrected chi connectivity index (χ4v) is 5.31. The van der Waals surface area contributed by atoms with Gasteiger partial charge in [-0.1, -0.05) is 48.5 Å². The highest BCUT2D eigenvalue weighted by molar-refractivity contribution is 7.92. The van der Waals surface area contributed by atoms with Crippen LogP contribution in [0.15, 0.2) is 83.8 Å². The summed E-state index contributed by atoms with van der Waals surface area (Å²) in [4.78, 5) is 38.5. The zero-order chi connectivity index (χ0) is 27.9. The van der Waals surface area contributed by atoms with Crippen LogP contribution in [0.25, 0.3) is 0 Å². The number of hydrogen-bond donors (Lipinski definition) is 1. The maximum atomic E-state index is 13.8. The molecular formula is C27H30N4O6S. The van der Waals surface area contributed by atoms with E-state index in [4.69, 9.17) is 0 Å². The second kappa shape index (κ2) is 12.3. The molecule has 3 rings (SSSR count). The van der Waals surface area contributed by atoms with Gasteiger partial charge in [-0.15, -0.1) is 0 Å². The van der Waals surface area contributed by atoms with Crippen LogP contribution >= 0.6 is 0 Å². The van der Waals surface area contributed by atoms with Crippen molar-refractivity contribution in [3.63, 3.8) is 0 Å². The number of carbonyl (C=O) groups is 2. The van der Waals surface area contributed by atoms with E-state index in [9.17, 15) is 28.1 Å². The molecule has 38 heavy (non-hydrogen) atoms. The third kappa shape index (κ3) is 6.54. The van der Waals surface area contributed by atoms with Gasteiger partial charge in [-0.25, -0.2) is 8.42 Å². The molecule has 0 aliphatic heterocycles. The first kappa shape index (κ1) is 28.3. The molecule has 1 N–H and O–H groups in total. The van der Waals surface area contributed by atoms with Crippen LogP contribution in [0, 0.1) is 17.0 Å². The standard InChI is InChI=1S/C27H30N4O6S/c1-4-28-27(33)21(3)29(18-22-12-9-8-11-20(22)2)26(32)19-30(23-13-10-14-24(17-23)31(34)35)38(36,37)25-15-6-5-7-16-25/h5-17,21H,4,18-19H2,1-3H3,(H,28,33)/t21-/m0/s1. The lowest BCUT2D eigenvalue weighted by Crippen LogP contribution is -2.51. The van der Waals surface area contributed by atoms with E-state index >= 15 is 0 Å². The number of anilines is 1. The van der Waals surface area contributed by atoms with Gasteiger partial charge in [-0.2, -0.15) is 0 Å². The molecule has 0 unspecified atom stereocenters. The molecule has 0 saturated carbocycles. The number of rotatable bonds is 11. The van der Waals surface area contributed by atoms with E-state index in [0.29, 0.717) is 6.54 Å². The minimum Gasteiger partial charge on any atom is -0.355 e. The molecule has 10 nitrogen and oxygen atoms in total. The van der Waals surface area contributed by atoms with E-state index < -0.39 is 33.4 Å². The first-order valence-electron chi connectivity index (χ1n) is 12.0. The number of nitrogens with one attached hydrogen (secondary N) is 1. The number of sulfonamides is 1. The van der Waals surface area contributed by atoms with Crippen molar-refractivity contribution < 1.29 is 22.9 Å². The number of amides is 2. The summed E-state index contributed by atoms with van der Waals surface area (Å²) in [5.41, 5.74) is 1.33. The Labute approximate surface area is 222 Å². The minimum absolute atomic E-state index is 0.0436. The monoisotopic (exact) mass is 538 g/mol. The lowest BCUT2D eigenvalue weighted by molar-refractivity contribution is -0.384. The number of aryl methyl sites for hydroxylation is 1. The number of benzene rings is 3. The predicted octanol–water partition coefficient (Wildman–Crippen LogP) is 3.65. The van der Waals surface area contributed by atoms with Gasteiger partial charge in [-0.3, -0.25) is 24.0 Å². The van der Waals surface area contributed by atoms with Crippen molar-refractivity contribution in [2.75, 3.05) is 17.4 Å². The van der Waals surface area contributed by atoms with Gasteiger partial charge in [-0.05, 0) is 50.1 Å². The van der Waals surface area contributed by atoms with Gasteiger partial charge in [0.1, 0.15) is 12.6 Å². The van der Waals surface area contributed by atoms with Crippen molar-refractivity contribution in [2.45, 2.75) is 38.3 Å². The number of nitrogens with zero attached hydrogens (tertiary/aromatic N) is 3. The molecule has 0 bridgehead atoms. The molecule has 0 aliphatic carbocycles. The SMILES string of the molecule is CCNC(=O)[C@H](C)N(Cc1ccccc1C)C(=O)CN(c1cccc([N+](=O)[O-])c1)S(=O)(=O)c1ccccc1. The molecule has 2 amide bonds. The first-order chi connectivity index (χ1) is 18.1. The highest BCUT2D eigenvalue weighted by Crippen LogP contribution is 2.27. The predicted molar refractivity (Wildman–Crippen MR) is 144 cm³/mol. The van der Waals surface area contributed by atoms with Gasteiger partial charge >= 0.3 is 0 Å². The molecule has 200 valence electrons. The number of nitro groups is 1. The molecule has 0 aliphatic rings. The summed E-state index contributed by atoms with van der Waals surface area (Å²) in [6, 6.07) is 19.1. The Hall–Kier alpha value is -4.25. The van der Waals surface area contributed by atoms with E-state index in [1.54, 1.807) is 32.0 Å². The summed E-state index contributed by atoms with van der Waals surface area (Å²) in [6.07, 6.45) is 0. The van der Waals surface area contributed by atoms with Crippen molar-refractivity contribution in [1.82, 2.24) is 10.2 Å². The fourth-order valence-electron chi connectivity index (χ4n) is 3.89. The average Bonchev–Trinajstić information content (AvgIpc) is 2.91. The van der Waals surface area contributed by atoms with Crippen molar-refractivity contribution >= 4 is 33.2 Å². The van der Waals surface area contributed by atoms with Crippen LogP contribution in [0.1, 0.15) is 25.0 Å². The third-order valence-electron chi connectivity index (χ3n) is 6.06. The smallest absolute Gasteiger partial charge is 0.271 e. The number of likely N-dealkylation sites (N-methyl/N-ethyl adjacent to an activating group) is 1. The van der Waals surface area contributed by atoms with Crippen LogP contribution in [0.2, 0.25) is 0 Å². The van der Waals surface area contributed by atoms with Crippen LogP contribution in [0.3, 0.4) is 0 Å². The van der Waals surface area contributed by atoms with Crippen LogP contribution < -0.4 is 9.62 Å². The summed E-state index contributed by atoms with van der Waals surface area (Å²) in [6.45, 7) is 4.97. The molecule has 3 aromatic rings. The Morgan fingerprint density at radius 1 is 1.00 bits per heavy atom. The van der Waals surface area contributed by atoms with E-state index in [1.165, 1.54) is 35.2 Å². The molecule has 0 spiro atoms. The normalized spacial score (nSPS) is 11.9. The highest BCUT2D eigenvalue weighted by Gasteiger charge is 2.33. The summed E-state index contributed by atoms with van der Waals surface area (Å²) >= 11 is 0. The molecular weight excluding hydrogens is 508 g/mol. The van der Waals surface area contributed by atoms with E-state index in [-0.39, 0.29) is 28.7 Å². The molecule has 3 aromatic carbocycles.